The number of rotatable bonds is 13. The maximum Gasteiger partial charge on any atom is 0.280 e. The van der Waals surface area contributed by atoms with E-state index in [4.69, 9.17) is 15.2 Å². The third-order valence-corrected chi connectivity index (χ3v) is 6.08. The second-order valence-corrected chi connectivity index (χ2v) is 8.88. The van der Waals surface area contributed by atoms with Crippen LogP contribution in [0.15, 0.2) is 47.3 Å². The zero-order valence-corrected chi connectivity index (χ0v) is 20.7. The van der Waals surface area contributed by atoms with Crippen LogP contribution in [-0.4, -0.2) is 53.2 Å². The molecule has 11 nitrogen and oxygen atoms in total. The molecule has 2 amide bonds. The van der Waals surface area contributed by atoms with Gasteiger partial charge in [-0.2, -0.15) is 4.68 Å². The van der Waals surface area contributed by atoms with Crippen LogP contribution >= 0.6 is 0 Å². The lowest BCUT2D eigenvalue weighted by atomic mass is 10.1. The van der Waals surface area contributed by atoms with E-state index in [2.05, 4.69) is 20.9 Å². The molecule has 37 heavy (non-hydrogen) atoms. The van der Waals surface area contributed by atoms with Crippen LogP contribution in [0.3, 0.4) is 0 Å². The Morgan fingerprint density at radius 2 is 1.78 bits per heavy atom. The molecule has 0 spiro atoms. The van der Waals surface area contributed by atoms with Crippen molar-refractivity contribution in [3.63, 3.8) is 0 Å². The van der Waals surface area contributed by atoms with E-state index in [0.29, 0.717) is 43.0 Å². The molecule has 1 unspecified atom stereocenters. The number of carbonyl (C=O) groups excluding carboxylic acids is 2. The summed E-state index contributed by atoms with van der Waals surface area (Å²) >= 11 is 0. The molecule has 3 aromatic rings. The number of ether oxygens (including phenoxy) is 2. The number of hydrogen-bond donors (Lipinski definition) is 3. The number of piperidine rings is 1. The number of amides is 2. The molecule has 2 heterocycles. The monoisotopic (exact) mass is 508 g/mol. The lowest BCUT2D eigenvalue weighted by molar-refractivity contribution is -0.136. The second-order valence-electron chi connectivity index (χ2n) is 8.88. The van der Waals surface area contributed by atoms with E-state index in [0.717, 1.165) is 41.8 Å². The van der Waals surface area contributed by atoms with E-state index in [1.54, 1.807) is 18.2 Å². The Balaban J connectivity index is 1.18. The van der Waals surface area contributed by atoms with Crippen LogP contribution in [-0.2, 0) is 14.3 Å². The van der Waals surface area contributed by atoms with Gasteiger partial charge in [0.15, 0.2) is 0 Å². The minimum absolute atomic E-state index is 0.153. The van der Waals surface area contributed by atoms with Gasteiger partial charge >= 0.3 is 0 Å². The molecular formula is C26H32N6O5. The van der Waals surface area contributed by atoms with E-state index in [9.17, 15) is 14.4 Å². The average molecular weight is 509 g/mol. The summed E-state index contributed by atoms with van der Waals surface area (Å²) in [4.78, 5) is 36.8. The maximum atomic E-state index is 13.2. The Morgan fingerprint density at radius 3 is 2.59 bits per heavy atom. The summed E-state index contributed by atoms with van der Waals surface area (Å²) in [5.41, 5.74) is 7.03. The molecule has 1 aromatic heterocycles. The predicted molar refractivity (Wildman–Crippen MR) is 139 cm³/mol. The minimum Gasteiger partial charge on any atom is -0.494 e. The van der Waals surface area contributed by atoms with Crippen LogP contribution < -0.4 is 26.7 Å². The smallest absolute Gasteiger partial charge is 0.280 e. The molecule has 4 rings (SSSR count). The Morgan fingerprint density at radius 1 is 1.00 bits per heavy atom. The zero-order valence-electron chi connectivity index (χ0n) is 20.7. The number of nitrogens with two attached hydrogens (primary N) is 1. The van der Waals surface area contributed by atoms with Crippen molar-refractivity contribution in [3.8, 4) is 5.75 Å². The van der Waals surface area contributed by atoms with Gasteiger partial charge in [-0.15, -0.1) is 5.10 Å². The summed E-state index contributed by atoms with van der Waals surface area (Å²) in [6, 6.07) is 11.8. The number of fused-ring (bicyclic) bond motifs is 1. The van der Waals surface area contributed by atoms with Gasteiger partial charge in [0.2, 0.25) is 5.91 Å². The van der Waals surface area contributed by atoms with E-state index in [1.807, 2.05) is 24.3 Å². The Bertz CT molecular complexity index is 1280. The standard InChI is InChI=1S/C26H32N6O5/c27-18-8-10-19(11-9-18)37-17-3-1-2-15-36-16-5-14-28-20-6-4-7-21-24(20)26(35)32(31-30-21)22-12-13-23(33)29-25(22)34/h4,6-11,22,28H,1-3,5,12-17,27H2,(H,29,33,34). The SMILES string of the molecule is Nc1ccc(OCCCCCOCCCNc2cccc3nnn(C4CCC(=O)NC4=O)c(=O)c23)cc1. The van der Waals surface area contributed by atoms with Gasteiger partial charge in [-0.05, 0) is 68.5 Å². The number of anilines is 2. The summed E-state index contributed by atoms with van der Waals surface area (Å²) in [5, 5.41) is 14.0. The fourth-order valence-electron chi connectivity index (χ4n) is 4.10. The van der Waals surface area contributed by atoms with E-state index in [1.165, 1.54) is 0 Å². The van der Waals surface area contributed by atoms with Crippen LogP contribution in [0.1, 0.15) is 44.6 Å². The van der Waals surface area contributed by atoms with Crippen LogP contribution in [0.4, 0.5) is 11.4 Å². The highest BCUT2D eigenvalue weighted by molar-refractivity contribution is 5.99. The molecule has 11 heteroatoms. The number of nitrogen functional groups attached to an aromatic ring is 1. The fraction of sp³-hybridized carbons (Fsp3) is 0.423. The van der Waals surface area contributed by atoms with Gasteiger partial charge < -0.3 is 20.5 Å². The predicted octanol–water partition coefficient (Wildman–Crippen LogP) is 2.42. The van der Waals surface area contributed by atoms with Crippen molar-refractivity contribution in [2.75, 3.05) is 37.4 Å². The zero-order chi connectivity index (χ0) is 26.0. The average Bonchev–Trinajstić information content (AvgIpc) is 2.89. The summed E-state index contributed by atoms with van der Waals surface area (Å²) in [5.74, 6) is -0.0639. The highest BCUT2D eigenvalue weighted by Crippen LogP contribution is 2.21. The van der Waals surface area contributed by atoms with Crippen molar-refractivity contribution in [1.29, 1.82) is 0 Å². The van der Waals surface area contributed by atoms with Gasteiger partial charge in [-0.1, -0.05) is 11.3 Å². The third kappa shape index (κ3) is 7.04. The molecule has 1 fully saturated rings. The molecule has 4 N–H and O–H groups in total. The number of benzene rings is 2. The van der Waals surface area contributed by atoms with Crippen LogP contribution in [0.5, 0.6) is 5.75 Å². The number of unbranched alkanes of at least 4 members (excludes halogenated alkanes) is 2. The van der Waals surface area contributed by atoms with Crippen LogP contribution in [0.2, 0.25) is 0 Å². The number of nitrogens with zero attached hydrogens (tertiary/aromatic N) is 3. The highest BCUT2D eigenvalue weighted by atomic mass is 16.5. The first-order valence-electron chi connectivity index (χ1n) is 12.5. The first-order valence-corrected chi connectivity index (χ1v) is 12.5. The van der Waals surface area contributed by atoms with E-state index < -0.39 is 17.5 Å². The molecule has 0 radical (unpaired) electrons. The molecule has 2 aromatic carbocycles. The molecule has 0 saturated carbocycles. The Labute approximate surface area is 214 Å². The van der Waals surface area contributed by atoms with Crippen molar-refractivity contribution in [3.05, 3.63) is 52.8 Å². The molecule has 1 atom stereocenters. The van der Waals surface area contributed by atoms with Crippen molar-refractivity contribution >= 4 is 34.1 Å². The molecule has 1 aliphatic heterocycles. The maximum absolute atomic E-state index is 13.2. The molecule has 196 valence electrons. The normalized spacial score (nSPS) is 15.5. The van der Waals surface area contributed by atoms with Gasteiger partial charge in [0, 0.05) is 37.6 Å². The highest BCUT2D eigenvalue weighted by Gasteiger charge is 2.30. The van der Waals surface area contributed by atoms with Crippen LogP contribution in [0, 0.1) is 0 Å². The third-order valence-electron chi connectivity index (χ3n) is 6.08. The number of nitrogens with one attached hydrogen (secondary N) is 2. The van der Waals surface area contributed by atoms with Gasteiger partial charge in [0.25, 0.3) is 11.5 Å². The van der Waals surface area contributed by atoms with Crippen molar-refractivity contribution in [2.45, 2.75) is 44.6 Å². The van der Waals surface area contributed by atoms with E-state index in [-0.39, 0.29) is 18.7 Å². The molecule has 1 aliphatic rings. The molecule has 0 bridgehead atoms. The largest absolute Gasteiger partial charge is 0.494 e. The number of carbonyl (C=O) groups is 2. The fourth-order valence-corrected chi connectivity index (χ4v) is 4.10. The minimum atomic E-state index is -0.854. The Hall–Kier alpha value is -3.99. The van der Waals surface area contributed by atoms with Gasteiger partial charge in [-0.25, -0.2) is 0 Å². The molecular weight excluding hydrogens is 476 g/mol. The first kappa shape index (κ1) is 26.1. The molecule has 0 aliphatic carbocycles. The first-order chi connectivity index (χ1) is 18.0. The van der Waals surface area contributed by atoms with Gasteiger partial charge in [-0.3, -0.25) is 19.7 Å². The lowest BCUT2D eigenvalue weighted by Crippen LogP contribution is -2.45. The van der Waals surface area contributed by atoms with Crippen molar-refractivity contribution in [1.82, 2.24) is 20.3 Å². The summed E-state index contributed by atoms with van der Waals surface area (Å²) in [7, 11) is 0. The Kier molecular flexibility index (Phi) is 9.03. The summed E-state index contributed by atoms with van der Waals surface area (Å²) < 4.78 is 12.5. The van der Waals surface area contributed by atoms with E-state index >= 15 is 0 Å². The van der Waals surface area contributed by atoms with Gasteiger partial charge in [0.1, 0.15) is 17.3 Å². The van der Waals surface area contributed by atoms with Crippen LogP contribution in [0.25, 0.3) is 10.9 Å². The van der Waals surface area contributed by atoms with Crippen molar-refractivity contribution in [2.24, 2.45) is 0 Å². The summed E-state index contributed by atoms with van der Waals surface area (Å²) in [6.07, 6.45) is 4.06. The number of hydrogen-bond acceptors (Lipinski definition) is 9. The second kappa shape index (κ2) is 12.8. The topological polar surface area (TPSA) is 150 Å². The summed E-state index contributed by atoms with van der Waals surface area (Å²) in [6.45, 7) is 2.55. The lowest BCUT2D eigenvalue weighted by Gasteiger charge is -2.21. The number of imide groups is 1. The molecule has 1 saturated heterocycles. The van der Waals surface area contributed by atoms with Crippen molar-refractivity contribution < 1.29 is 19.1 Å². The number of aromatic nitrogens is 3. The van der Waals surface area contributed by atoms with Gasteiger partial charge in [0.05, 0.1) is 12.0 Å². The quantitative estimate of drug-likeness (QED) is 0.180.